The smallest absolute Gasteiger partial charge is 0.282 e. The topological polar surface area (TPSA) is 53.9 Å². The first-order valence-electron chi connectivity index (χ1n) is 8.80. The molecule has 0 radical (unpaired) electrons. The Morgan fingerprint density at radius 2 is 1.65 bits per heavy atom. The predicted molar refractivity (Wildman–Crippen MR) is 103 cm³/mol. The van der Waals surface area contributed by atoms with Crippen LogP contribution in [-0.4, -0.2) is 48.9 Å². The zero-order valence-corrected chi connectivity index (χ0v) is 15.5. The van der Waals surface area contributed by atoms with E-state index in [-0.39, 0.29) is 17.9 Å². The van der Waals surface area contributed by atoms with E-state index < -0.39 is 0 Å². The molecule has 1 heterocycles. The van der Waals surface area contributed by atoms with Crippen molar-refractivity contribution in [3.05, 3.63) is 65.2 Å². The summed E-state index contributed by atoms with van der Waals surface area (Å²) >= 11 is 5.87. The summed E-state index contributed by atoms with van der Waals surface area (Å²) < 4.78 is 0. The first-order valence-corrected chi connectivity index (χ1v) is 9.18. The molecule has 1 aliphatic heterocycles. The lowest BCUT2D eigenvalue weighted by Gasteiger charge is -2.34. The van der Waals surface area contributed by atoms with Crippen molar-refractivity contribution in [1.82, 2.24) is 4.90 Å². The molecule has 26 heavy (non-hydrogen) atoms. The van der Waals surface area contributed by atoms with E-state index in [0.717, 1.165) is 18.8 Å². The maximum Gasteiger partial charge on any atom is 0.282 e. The summed E-state index contributed by atoms with van der Waals surface area (Å²) in [6, 6.07) is 16.2. The molecule has 1 aliphatic rings. The number of nitrogens with one attached hydrogen (secondary N) is 2. The molecular weight excluding hydrogens is 350 g/mol. The lowest BCUT2D eigenvalue weighted by atomic mass is 10.1. The van der Waals surface area contributed by atoms with Crippen LogP contribution in [0.25, 0.3) is 0 Å². The van der Waals surface area contributed by atoms with Gasteiger partial charge in [-0.15, -0.1) is 0 Å². The van der Waals surface area contributed by atoms with Gasteiger partial charge in [0, 0.05) is 16.3 Å². The SMILES string of the molecule is C[C@H](C(=O)Nc1ccc(Cl)cc1)[NH+]1CCN(C(=O)c2ccccc2)CC1. The van der Waals surface area contributed by atoms with Gasteiger partial charge in [0.1, 0.15) is 0 Å². The predicted octanol–water partition coefficient (Wildman–Crippen LogP) is 1.71. The Balaban J connectivity index is 1.53. The molecule has 2 aromatic carbocycles. The normalized spacial score (nSPS) is 16.2. The number of hydrogen-bond acceptors (Lipinski definition) is 2. The Hall–Kier alpha value is -2.37. The number of rotatable bonds is 4. The lowest BCUT2D eigenvalue weighted by Crippen LogP contribution is -3.19. The summed E-state index contributed by atoms with van der Waals surface area (Å²) in [7, 11) is 0. The third-order valence-electron chi connectivity index (χ3n) is 4.83. The number of piperazine rings is 1. The van der Waals surface area contributed by atoms with E-state index in [0.29, 0.717) is 23.7 Å². The molecule has 0 saturated carbocycles. The van der Waals surface area contributed by atoms with Crippen molar-refractivity contribution in [3.8, 4) is 0 Å². The Morgan fingerprint density at radius 3 is 2.27 bits per heavy atom. The fraction of sp³-hybridized carbons (Fsp3) is 0.300. The molecule has 6 heteroatoms. The van der Waals surface area contributed by atoms with Crippen LogP contribution in [0.2, 0.25) is 5.02 Å². The van der Waals surface area contributed by atoms with Crippen molar-refractivity contribution < 1.29 is 14.5 Å². The van der Waals surface area contributed by atoms with Crippen molar-refractivity contribution in [2.24, 2.45) is 0 Å². The monoisotopic (exact) mass is 372 g/mol. The van der Waals surface area contributed by atoms with Crippen molar-refractivity contribution in [3.63, 3.8) is 0 Å². The average molecular weight is 373 g/mol. The maximum absolute atomic E-state index is 12.5. The van der Waals surface area contributed by atoms with Gasteiger partial charge in [-0.1, -0.05) is 29.8 Å². The van der Waals surface area contributed by atoms with E-state index in [4.69, 9.17) is 11.6 Å². The van der Waals surface area contributed by atoms with E-state index >= 15 is 0 Å². The van der Waals surface area contributed by atoms with Crippen LogP contribution in [0.4, 0.5) is 5.69 Å². The van der Waals surface area contributed by atoms with E-state index in [9.17, 15) is 9.59 Å². The minimum Gasteiger partial charge on any atom is -0.327 e. The van der Waals surface area contributed by atoms with Crippen LogP contribution < -0.4 is 10.2 Å². The molecule has 3 rings (SSSR count). The molecule has 0 spiro atoms. The number of anilines is 1. The number of carbonyl (C=O) groups is 2. The van der Waals surface area contributed by atoms with Gasteiger partial charge >= 0.3 is 0 Å². The van der Waals surface area contributed by atoms with Crippen molar-refractivity contribution in [2.75, 3.05) is 31.5 Å². The van der Waals surface area contributed by atoms with E-state index in [1.807, 2.05) is 42.2 Å². The third-order valence-corrected chi connectivity index (χ3v) is 5.08. The molecule has 0 aromatic heterocycles. The average Bonchev–Trinajstić information content (AvgIpc) is 2.69. The molecule has 0 unspecified atom stereocenters. The largest absolute Gasteiger partial charge is 0.327 e. The molecule has 0 bridgehead atoms. The molecule has 2 N–H and O–H groups in total. The van der Waals surface area contributed by atoms with Gasteiger partial charge in [0.25, 0.3) is 11.8 Å². The van der Waals surface area contributed by atoms with Crippen LogP contribution in [0.1, 0.15) is 17.3 Å². The van der Waals surface area contributed by atoms with Crippen molar-refractivity contribution >= 4 is 29.1 Å². The molecule has 1 fully saturated rings. The highest BCUT2D eigenvalue weighted by Gasteiger charge is 2.31. The van der Waals surface area contributed by atoms with Crippen molar-refractivity contribution in [2.45, 2.75) is 13.0 Å². The van der Waals surface area contributed by atoms with Gasteiger partial charge < -0.3 is 15.1 Å². The first-order chi connectivity index (χ1) is 12.5. The van der Waals surface area contributed by atoms with Gasteiger partial charge in [-0.25, -0.2) is 0 Å². The van der Waals surface area contributed by atoms with Gasteiger partial charge in [-0.2, -0.15) is 0 Å². The van der Waals surface area contributed by atoms with E-state index in [1.54, 1.807) is 24.3 Å². The standard InChI is InChI=1S/C20H22ClN3O2/c1-15(19(25)22-18-9-7-17(21)8-10-18)23-11-13-24(14-12-23)20(26)16-5-3-2-4-6-16/h2-10,15H,11-14H2,1H3,(H,22,25)/p+1/t15-/m1/s1. The molecule has 1 atom stereocenters. The third kappa shape index (κ3) is 4.42. The second kappa shape index (κ2) is 8.34. The van der Waals surface area contributed by atoms with Crippen LogP contribution in [-0.2, 0) is 4.79 Å². The number of halogens is 1. The van der Waals surface area contributed by atoms with Crippen LogP contribution in [0.5, 0.6) is 0 Å². The number of amides is 2. The molecular formula is C20H23ClN3O2+. The maximum atomic E-state index is 12.5. The highest BCUT2D eigenvalue weighted by molar-refractivity contribution is 6.30. The van der Waals surface area contributed by atoms with Crippen LogP contribution in [0.15, 0.2) is 54.6 Å². The van der Waals surface area contributed by atoms with Crippen LogP contribution in [0, 0.1) is 0 Å². The lowest BCUT2D eigenvalue weighted by molar-refractivity contribution is -0.917. The van der Waals surface area contributed by atoms with Crippen molar-refractivity contribution in [1.29, 1.82) is 0 Å². The number of quaternary nitrogens is 1. The minimum atomic E-state index is -0.181. The Labute approximate surface area is 158 Å². The Morgan fingerprint density at radius 1 is 1.04 bits per heavy atom. The fourth-order valence-corrected chi connectivity index (χ4v) is 3.29. The van der Waals surface area contributed by atoms with Gasteiger partial charge in [-0.3, -0.25) is 9.59 Å². The molecule has 5 nitrogen and oxygen atoms in total. The summed E-state index contributed by atoms with van der Waals surface area (Å²) in [5, 5.41) is 3.57. The Bertz CT molecular complexity index is 756. The van der Waals surface area contributed by atoms with E-state index in [1.165, 1.54) is 4.90 Å². The summed E-state index contributed by atoms with van der Waals surface area (Å²) in [4.78, 5) is 28.0. The molecule has 2 amide bonds. The van der Waals surface area contributed by atoms with Gasteiger partial charge in [0.15, 0.2) is 6.04 Å². The quantitative estimate of drug-likeness (QED) is 0.858. The Kier molecular flexibility index (Phi) is 5.91. The summed E-state index contributed by atoms with van der Waals surface area (Å²) in [6.45, 7) is 4.75. The first kappa shape index (κ1) is 18.4. The minimum absolute atomic E-state index is 0.0230. The number of carbonyl (C=O) groups excluding carboxylic acids is 2. The van der Waals surface area contributed by atoms with Crippen LogP contribution in [0.3, 0.4) is 0 Å². The second-order valence-electron chi connectivity index (χ2n) is 6.53. The van der Waals surface area contributed by atoms with E-state index in [2.05, 4.69) is 5.32 Å². The highest BCUT2D eigenvalue weighted by atomic mass is 35.5. The number of benzene rings is 2. The van der Waals surface area contributed by atoms with Gasteiger partial charge in [-0.05, 0) is 43.3 Å². The van der Waals surface area contributed by atoms with Gasteiger partial charge in [0.05, 0.1) is 26.2 Å². The summed E-state index contributed by atoms with van der Waals surface area (Å²) in [6.07, 6.45) is 0. The molecule has 136 valence electrons. The molecule has 1 saturated heterocycles. The zero-order valence-electron chi connectivity index (χ0n) is 14.7. The highest BCUT2D eigenvalue weighted by Crippen LogP contribution is 2.13. The van der Waals surface area contributed by atoms with Crippen LogP contribution >= 0.6 is 11.6 Å². The second-order valence-corrected chi connectivity index (χ2v) is 6.97. The summed E-state index contributed by atoms with van der Waals surface area (Å²) in [5.41, 5.74) is 1.45. The molecule has 2 aromatic rings. The zero-order chi connectivity index (χ0) is 18.5. The number of hydrogen-bond donors (Lipinski definition) is 2. The summed E-state index contributed by atoms with van der Waals surface area (Å²) in [5.74, 6) is 0.0353. The fourth-order valence-electron chi connectivity index (χ4n) is 3.16. The van der Waals surface area contributed by atoms with Gasteiger partial charge in [0.2, 0.25) is 0 Å². The molecule has 0 aliphatic carbocycles. The number of nitrogens with zero attached hydrogens (tertiary/aromatic N) is 1.